The topological polar surface area (TPSA) is 67.2 Å². The molecule has 2 N–H and O–H groups in total. The Morgan fingerprint density at radius 3 is 2.43 bits per heavy atom. The van der Waals surface area contributed by atoms with Gasteiger partial charge in [0, 0.05) is 6.07 Å². The van der Waals surface area contributed by atoms with Crippen LogP contribution in [0.25, 0.3) is 0 Å². The number of aryl methyl sites for hydroxylation is 3. The largest absolute Gasteiger partial charge is 0.359 e. The Morgan fingerprint density at radius 2 is 1.86 bits per heavy atom. The van der Waals surface area contributed by atoms with Gasteiger partial charge < -0.3 is 15.2 Å². The molecule has 0 fully saturated rings. The van der Waals surface area contributed by atoms with E-state index < -0.39 is 0 Å². The Bertz CT molecular complexity index is 614. The lowest BCUT2D eigenvalue weighted by Crippen LogP contribution is -2.36. The number of aromatic nitrogens is 1. The molecule has 1 heterocycles. The molecule has 0 saturated heterocycles. The first-order valence-electron chi connectivity index (χ1n) is 6.99. The summed E-state index contributed by atoms with van der Waals surface area (Å²) < 4.78 is 5.04. The standard InChI is InChI=1S/C16H21N3O2/c1-10-5-11(2)7-14(6-10)13(4)18-16(20)17-9-15-8-12(3)19-21-15/h5-8,13H,9H2,1-4H3,(H2,17,18,20)/t13-/m1/s1. The highest BCUT2D eigenvalue weighted by atomic mass is 16.5. The van der Waals surface area contributed by atoms with Gasteiger partial charge in [-0.05, 0) is 33.3 Å². The monoisotopic (exact) mass is 287 g/mol. The molecule has 0 bridgehead atoms. The van der Waals surface area contributed by atoms with E-state index >= 15 is 0 Å². The van der Waals surface area contributed by atoms with Crippen LogP contribution >= 0.6 is 0 Å². The molecular formula is C16H21N3O2. The number of nitrogens with one attached hydrogen (secondary N) is 2. The molecule has 2 aromatic rings. The molecule has 21 heavy (non-hydrogen) atoms. The van der Waals surface area contributed by atoms with E-state index in [1.807, 2.05) is 13.8 Å². The number of nitrogens with zero attached hydrogens (tertiary/aromatic N) is 1. The third-order valence-corrected chi connectivity index (χ3v) is 3.19. The Labute approximate surface area is 124 Å². The van der Waals surface area contributed by atoms with E-state index in [-0.39, 0.29) is 12.1 Å². The Kier molecular flexibility index (Phi) is 4.62. The molecule has 0 aliphatic carbocycles. The van der Waals surface area contributed by atoms with Gasteiger partial charge >= 0.3 is 6.03 Å². The first kappa shape index (κ1) is 15.1. The Morgan fingerprint density at radius 1 is 1.19 bits per heavy atom. The number of hydrogen-bond acceptors (Lipinski definition) is 3. The molecule has 5 heteroatoms. The van der Waals surface area contributed by atoms with Gasteiger partial charge in [0.05, 0.1) is 18.3 Å². The lowest BCUT2D eigenvalue weighted by atomic mass is 10.0. The fraction of sp³-hybridized carbons (Fsp3) is 0.375. The summed E-state index contributed by atoms with van der Waals surface area (Å²) in [7, 11) is 0. The molecule has 1 aromatic heterocycles. The quantitative estimate of drug-likeness (QED) is 0.907. The lowest BCUT2D eigenvalue weighted by Gasteiger charge is -2.16. The summed E-state index contributed by atoms with van der Waals surface area (Å²) in [5, 5.41) is 9.45. The van der Waals surface area contributed by atoms with Gasteiger partial charge in [-0.2, -0.15) is 0 Å². The van der Waals surface area contributed by atoms with Crippen LogP contribution in [0.15, 0.2) is 28.8 Å². The maximum Gasteiger partial charge on any atom is 0.315 e. The summed E-state index contributed by atoms with van der Waals surface area (Å²) >= 11 is 0. The second-order valence-corrected chi connectivity index (χ2v) is 5.40. The number of urea groups is 1. The van der Waals surface area contributed by atoms with Crippen molar-refractivity contribution in [2.75, 3.05) is 0 Å². The second kappa shape index (κ2) is 6.43. The van der Waals surface area contributed by atoms with Gasteiger partial charge in [0.2, 0.25) is 0 Å². The minimum atomic E-state index is -0.226. The van der Waals surface area contributed by atoms with E-state index in [1.54, 1.807) is 6.07 Å². The highest BCUT2D eigenvalue weighted by molar-refractivity contribution is 5.74. The maximum absolute atomic E-state index is 11.9. The summed E-state index contributed by atoms with van der Waals surface area (Å²) in [5.41, 5.74) is 4.28. The van der Waals surface area contributed by atoms with Crippen molar-refractivity contribution in [2.24, 2.45) is 0 Å². The molecule has 2 amide bonds. The van der Waals surface area contributed by atoms with Crippen LogP contribution in [-0.2, 0) is 6.54 Å². The number of carbonyl (C=O) groups is 1. The summed E-state index contributed by atoms with van der Waals surface area (Å²) in [6.07, 6.45) is 0. The van der Waals surface area contributed by atoms with Crippen LogP contribution in [0, 0.1) is 20.8 Å². The smallest absolute Gasteiger partial charge is 0.315 e. The van der Waals surface area contributed by atoms with E-state index in [2.05, 4.69) is 47.8 Å². The van der Waals surface area contributed by atoms with Crippen LogP contribution in [0.4, 0.5) is 4.79 Å². The average molecular weight is 287 g/mol. The molecule has 112 valence electrons. The SMILES string of the molecule is Cc1cc(C)cc([C@@H](C)NC(=O)NCc2cc(C)no2)c1. The van der Waals surface area contributed by atoms with Crippen molar-refractivity contribution in [1.82, 2.24) is 15.8 Å². The summed E-state index contributed by atoms with van der Waals surface area (Å²) in [6, 6.07) is 7.79. The number of carbonyl (C=O) groups excluding carboxylic acids is 1. The molecule has 0 unspecified atom stereocenters. The maximum atomic E-state index is 11.9. The zero-order valence-corrected chi connectivity index (χ0v) is 12.9. The van der Waals surface area contributed by atoms with Crippen molar-refractivity contribution in [3.8, 4) is 0 Å². The van der Waals surface area contributed by atoms with Crippen LogP contribution in [0.2, 0.25) is 0 Å². The van der Waals surface area contributed by atoms with E-state index in [4.69, 9.17) is 4.52 Å². The fourth-order valence-electron chi connectivity index (χ4n) is 2.26. The van der Waals surface area contributed by atoms with Crippen molar-refractivity contribution in [1.29, 1.82) is 0 Å². The predicted octanol–water partition coefficient (Wildman–Crippen LogP) is 3.16. The second-order valence-electron chi connectivity index (χ2n) is 5.40. The highest BCUT2D eigenvalue weighted by Gasteiger charge is 2.10. The van der Waals surface area contributed by atoms with Gasteiger partial charge in [-0.15, -0.1) is 0 Å². The minimum Gasteiger partial charge on any atom is -0.359 e. The van der Waals surface area contributed by atoms with Crippen LogP contribution in [0.5, 0.6) is 0 Å². The van der Waals surface area contributed by atoms with Gasteiger partial charge in [0.25, 0.3) is 0 Å². The number of hydrogen-bond donors (Lipinski definition) is 2. The predicted molar refractivity (Wildman–Crippen MR) is 80.9 cm³/mol. The van der Waals surface area contributed by atoms with Crippen LogP contribution in [-0.4, -0.2) is 11.2 Å². The fourth-order valence-corrected chi connectivity index (χ4v) is 2.26. The van der Waals surface area contributed by atoms with Crippen LogP contribution in [0.1, 0.15) is 41.1 Å². The molecule has 1 aromatic carbocycles. The molecule has 1 atom stereocenters. The zero-order valence-electron chi connectivity index (χ0n) is 12.9. The Hall–Kier alpha value is -2.30. The van der Waals surface area contributed by atoms with Crippen molar-refractivity contribution >= 4 is 6.03 Å². The summed E-state index contributed by atoms with van der Waals surface area (Å²) in [4.78, 5) is 11.9. The number of amides is 2. The first-order valence-corrected chi connectivity index (χ1v) is 6.99. The normalized spacial score (nSPS) is 12.0. The molecule has 0 spiro atoms. The first-order chi connectivity index (χ1) is 9.94. The van der Waals surface area contributed by atoms with Crippen molar-refractivity contribution in [3.63, 3.8) is 0 Å². The number of benzene rings is 1. The highest BCUT2D eigenvalue weighted by Crippen LogP contribution is 2.16. The zero-order chi connectivity index (χ0) is 15.4. The molecule has 0 aliphatic heterocycles. The molecule has 5 nitrogen and oxygen atoms in total. The van der Waals surface area contributed by atoms with Gasteiger partial charge in [-0.25, -0.2) is 4.79 Å². The summed E-state index contributed by atoms with van der Waals surface area (Å²) in [5.74, 6) is 0.640. The molecular weight excluding hydrogens is 266 g/mol. The Balaban J connectivity index is 1.89. The molecule has 2 rings (SSSR count). The van der Waals surface area contributed by atoms with E-state index in [9.17, 15) is 4.79 Å². The third-order valence-electron chi connectivity index (χ3n) is 3.19. The molecule has 0 saturated carbocycles. The van der Waals surface area contributed by atoms with Crippen LogP contribution < -0.4 is 10.6 Å². The van der Waals surface area contributed by atoms with Gasteiger partial charge in [-0.1, -0.05) is 34.5 Å². The van der Waals surface area contributed by atoms with Crippen LogP contribution in [0.3, 0.4) is 0 Å². The number of rotatable bonds is 4. The minimum absolute atomic E-state index is 0.0555. The third kappa shape index (κ3) is 4.34. The molecule has 0 radical (unpaired) electrons. The van der Waals surface area contributed by atoms with Gasteiger partial charge in [0.15, 0.2) is 5.76 Å². The van der Waals surface area contributed by atoms with E-state index in [0.717, 1.165) is 11.3 Å². The van der Waals surface area contributed by atoms with Crippen molar-refractivity contribution in [2.45, 2.75) is 40.3 Å². The van der Waals surface area contributed by atoms with Crippen molar-refractivity contribution < 1.29 is 9.32 Å². The molecule has 0 aliphatic rings. The average Bonchev–Trinajstić information content (AvgIpc) is 2.81. The van der Waals surface area contributed by atoms with Gasteiger partial charge in [-0.3, -0.25) is 0 Å². The van der Waals surface area contributed by atoms with Gasteiger partial charge in [0.1, 0.15) is 0 Å². The lowest BCUT2D eigenvalue weighted by molar-refractivity contribution is 0.236. The van der Waals surface area contributed by atoms with E-state index in [0.29, 0.717) is 12.3 Å². The van der Waals surface area contributed by atoms with E-state index in [1.165, 1.54) is 11.1 Å². The van der Waals surface area contributed by atoms with Crippen molar-refractivity contribution in [3.05, 3.63) is 52.4 Å². The summed E-state index contributed by atoms with van der Waals surface area (Å²) in [6.45, 7) is 8.24.